The average molecular weight is 251 g/mol. The molecule has 0 aromatic heterocycles. The molecule has 98 valence electrons. The smallest absolute Gasteiger partial charge is 0.308 e. The van der Waals surface area contributed by atoms with Gasteiger partial charge in [-0.25, -0.2) is 0 Å². The van der Waals surface area contributed by atoms with E-state index < -0.39 is 11.9 Å². The summed E-state index contributed by atoms with van der Waals surface area (Å²) in [4.78, 5) is 22.3. The van der Waals surface area contributed by atoms with Gasteiger partial charge in [0.2, 0.25) is 5.91 Å². The molecule has 0 saturated heterocycles. The van der Waals surface area contributed by atoms with Crippen LogP contribution in [0.2, 0.25) is 0 Å². The maximum atomic E-state index is 11.2. The third-order valence-electron chi connectivity index (χ3n) is 2.50. The zero-order valence-corrected chi connectivity index (χ0v) is 10.3. The molecular formula is C13H17NO4. The van der Waals surface area contributed by atoms with Crippen LogP contribution in [0.4, 0.5) is 0 Å². The molecule has 0 spiro atoms. The fraction of sp³-hybridized carbons (Fsp3) is 0.385. The highest BCUT2D eigenvalue weighted by Gasteiger charge is 2.18. The minimum atomic E-state index is -0.920. The number of amides is 1. The monoisotopic (exact) mass is 251 g/mol. The lowest BCUT2D eigenvalue weighted by Crippen LogP contribution is -2.35. The van der Waals surface area contributed by atoms with Crippen molar-refractivity contribution in [2.75, 3.05) is 20.3 Å². The summed E-state index contributed by atoms with van der Waals surface area (Å²) in [6, 6.07) is 9.33. The average Bonchev–Trinajstić information content (AvgIpc) is 2.35. The van der Waals surface area contributed by atoms with Gasteiger partial charge < -0.3 is 15.2 Å². The van der Waals surface area contributed by atoms with E-state index in [1.165, 1.54) is 7.11 Å². The SMILES string of the molecule is COCC(=O)NCC(Cc1ccccc1)C(=O)O. The molecule has 0 fully saturated rings. The fourth-order valence-corrected chi connectivity index (χ4v) is 1.56. The van der Waals surface area contributed by atoms with Crippen LogP contribution in [0.1, 0.15) is 5.56 Å². The van der Waals surface area contributed by atoms with E-state index in [4.69, 9.17) is 5.11 Å². The van der Waals surface area contributed by atoms with Crippen molar-refractivity contribution in [3.8, 4) is 0 Å². The first kappa shape index (κ1) is 14.2. The van der Waals surface area contributed by atoms with Crippen LogP contribution in [-0.2, 0) is 20.7 Å². The van der Waals surface area contributed by atoms with Gasteiger partial charge in [-0.05, 0) is 12.0 Å². The minimum absolute atomic E-state index is 0.0579. The number of hydrogen-bond donors (Lipinski definition) is 2. The van der Waals surface area contributed by atoms with Gasteiger partial charge in [-0.2, -0.15) is 0 Å². The minimum Gasteiger partial charge on any atom is -0.481 e. The van der Waals surface area contributed by atoms with Gasteiger partial charge in [-0.3, -0.25) is 9.59 Å². The molecule has 0 bridgehead atoms. The Balaban J connectivity index is 2.51. The lowest BCUT2D eigenvalue weighted by molar-refractivity contribution is -0.141. The molecule has 1 atom stereocenters. The number of carboxylic acids is 1. The molecule has 1 unspecified atom stereocenters. The molecule has 0 radical (unpaired) electrons. The Morgan fingerprint density at radius 1 is 1.33 bits per heavy atom. The standard InChI is InChI=1S/C13H17NO4/c1-18-9-12(15)14-8-11(13(16)17)7-10-5-3-2-4-6-10/h2-6,11H,7-9H2,1H3,(H,14,15)(H,16,17). The highest BCUT2D eigenvalue weighted by molar-refractivity contribution is 5.78. The van der Waals surface area contributed by atoms with Gasteiger partial charge in [0.15, 0.2) is 0 Å². The third kappa shape index (κ3) is 4.97. The van der Waals surface area contributed by atoms with Crippen molar-refractivity contribution >= 4 is 11.9 Å². The Morgan fingerprint density at radius 2 is 2.00 bits per heavy atom. The van der Waals surface area contributed by atoms with E-state index in [0.29, 0.717) is 6.42 Å². The molecule has 0 aliphatic carbocycles. The van der Waals surface area contributed by atoms with Crippen molar-refractivity contribution < 1.29 is 19.4 Å². The quantitative estimate of drug-likeness (QED) is 0.747. The van der Waals surface area contributed by atoms with E-state index >= 15 is 0 Å². The highest BCUT2D eigenvalue weighted by Crippen LogP contribution is 2.08. The lowest BCUT2D eigenvalue weighted by Gasteiger charge is -2.13. The van der Waals surface area contributed by atoms with Crippen molar-refractivity contribution in [2.45, 2.75) is 6.42 Å². The van der Waals surface area contributed by atoms with Gasteiger partial charge in [-0.1, -0.05) is 30.3 Å². The number of aliphatic carboxylic acids is 1. The Labute approximate surface area is 106 Å². The topological polar surface area (TPSA) is 75.6 Å². The molecule has 5 nitrogen and oxygen atoms in total. The summed E-state index contributed by atoms with van der Waals surface area (Å²) in [5, 5.41) is 11.6. The normalized spacial score (nSPS) is 11.8. The molecule has 0 aliphatic heterocycles. The predicted molar refractivity (Wildman–Crippen MR) is 66.2 cm³/mol. The van der Waals surface area contributed by atoms with E-state index in [1.54, 1.807) is 0 Å². The third-order valence-corrected chi connectivity index (χ3v) is 2.50. The Morgan fingerprint density at radius 3 is 2.56 bits per heavy atom. The zero-order valence-electron chi connectivity index (χ0n) is 10.3. The Kier molecular flexibility index (Phi) is 5.87. The van der Waals surface area contributed by atoms with Crippen LogP contribution in [-0.4, -0.2) is 37.2 Å². The molecule has 0 saturated carbocycles. The second kappa shape index (κ2) is 7.45. The number of ether oxygens (including phenoxy) is 1. The van der Waals surface area contributed by atoms with E-state index in [-0.39, 0.29) is 19.1 Å². The van der Waals surface area contributed by atoms with E-state index in [0.717, 1.165) is 5.56 Å². The first-order chi connectivity index (χ1) is 8.63. The first-order valence-corrected chi connectivity index (χ1v) is 5.66. The molecule has 0 aliphatic rings. The second-order valence-corrected chi connectivity index (χ2v) is 3.96. The molecule has 1 aromatic carbocycles. The molecule has 0 heterocycles. The maximum Gasteiger partial charge on any atom is 0.308 e. The van der Waals surface area contributed by atoms with Crippen LogP contribution in [0.3, 0.4) is 0 Å². The van der Waals surface area contributed by atoms with Gasteiger partial charge in [0.05, 0.1) is 5.92 Å². The van der Waals surface area contributed by atoms with Gasteiger partial charge >= 0.3 is 5.97 Å². The number of carbonyl (C=O) groups excluding carboxylic acids is 1. The van der Waals surface area contributed by atoms with Gasteiger partial charge in [-0.15, -0.1) is 0 Å². The lowest BCUT2D eigenvalue weighted by atomic mass is 9.99. The predicted octanol–water partition coefficient (Wildman–Crippen LogP) is 0.692. The number of rotatable bonds is 7. The van der Waals surface area contributed by atoms with Crippen LogP contribution in [0, 0.1) is 5.92 Å². The largest absolute Gasteiger partial charge is 0.481 e. The van der Waals surface area contributed by atoms with Gasteiger partial charge in [0, 0.05) is 13.7 Å². The van der Waals surface area contributed by atoms with Crippen LogP contribution in [0.5, 0.6) is 0 Å². The Bertz CT molecular complexity index is 391. The Hall–Kier alpha value is -1.88. The summed E-state index contributed by atoms with van der Waals surface area (Å²) in [6.07, 6.45) is 0.392. The molecule has 1 amide bonds. The first-order valence-electron chi connectivity index (χ1n) is 5.66. The number of carbonyl (C=O) groups is 2. The van der Waals surface area contributed by atoms with Crippen molar-refractivity contribution in [3.05, 3.63) is 35.9 Å². The molecule has 2 N–H and O–H groups in total. The number of benzene rings is 1. The molecule has 5 heteroatoms. The van der Waals surface area contributed by atoms with Crippen LogP contribution >= 0.6 is 0 Å². The van der Waals surface area contributed by atoms with E-state index in [2.05, 4.69) is 10.1 Å². The summed E-state index contributed by atoms with van der Waals surface area (Å²) in [5.41, 5.74) is 0.936. The second-order valence-electron chi connectivity index (χ2n) is 3.96. The van der Waals surface area contributed by atoms with Crippen molar-refractivity contribution in [3.63, 3.8) is 0 Å². The van der Waals surface area contributed by atoms with Crippen LogP contribution in [0.25, 0.3) is 0 Å². The zero-order chi connectivity index (χ0) is 13.4. The van der Waals surface area contributed by atoms with E-state index in [9.17, 15) is 9.59 Å². The van der Waals surface area contributed by atoms with Gasteiger partial charge in [0.1, 0.15) is 6.61 Å². The summed E-state index contributed by atoms with van der Waals surface area (Å²) < 4.78 is 4.66. The van der Waals surface area contributed by atoms with Crippen molar-refractivity contribution in [2.24, 2.45) is 5.92 Å². The van der Waals surface area contributed by atoms with E-state index in [1.807, 2.05) is 30.3 Å². The number of carboxylic acid groups (broad SMARTS) is 1. The van der Waals surface area contributed by atoms with Crippen LogP contribution < -0.4 is 5.32 Å². The maximum absolute atomic E-state index is 11.2. The molecule has 18 heavy (non-hydrogen) atoms. The summed E-state index contributed by atoms with van der Waals surface area (Å²) in [5.74, 6) is -1.86. The summed E-state index contributed by atoms with van der Waals surface area (Å²) in [7, 11) is 1.41. The molecule has 1 rings (SSSR count). The van der Waals surface area contributed by atoms with Crippen molar-refractivity contribution in [1.29, 1.82) is 0 Å². The van der Waals surface area contributed by atoms with Gasteiger partial charge in [0.25, 0.3) is 0 Å². The molecule has 1 aromatic rings. The summed E-state index contributed by atoms with van der Waals surface area (Å²) >= 11 is 0. The fourth-order valence-electron chi connectivity index (χ4n) is 1.56. The van der Waals surface area contributed by atoms with Crippen LogP contribution in [0.15, 0.2) is 30.3 Å². The highest BCUT2D eigenvalue weighted by atomic mass is 16.5. The number of hydrogen-bond acceptors (Lipinski definition) is 3. The summed E-state index contributed by atoms with van der Waals surface area (Å²) in [6.45, 7) is 0.0457. The van der Waals surface area contributed by atoms with Crippen molar-refractivity contribution in [1.82, 2.24) is 5.32 Å². The number of methoxy groups -OCH3 is 1. The number of nitrogens with one attached hydrogen (secondary N) is 1. The molecular weight excluding hydrogens is 234 g/mol.